The van der Waals surface area contributed by atoms with Crippen molar-refractivity contribution < 1.29 is 12.8 Å². The first-order valence-electron chi connectivity index (χ1n) is 5.27. The molecule has 0 bridgehead atoms. The number of hydrogen-bond acceptors (Lipinski definition) is 3. The second kappa shape index (κ2) is 5.17. The van der Waals surface area contributed by atoms with Crippen molar-refractivity contribution >= 4 is 21.4 Å². The minimum absolute atomic E-state index is 0.0814. The van der Waals surface area contributed by atoms with Gasteiger partial charge in [0.05, 0.1) is 4.90 Å². The zero-order valence-electron chi connectivity index (χ0n) is 9.68. The van der Waals surface area contributed by atoms with Crippen molar-refractivity contribution in [1.29, 1.82) is 0 Å². The Labute approximate surface area is 109 Å². The van der Waals surface area contributed by atoms with Crippen molar-refractivity contribution in [2.45, 2.75) is 18.4 Å². The Bertz CT molecular complexity index is 636. The fourth-order valence-electron chi connectivity index (χ4n) is 1.45. The van der Waals surface area contributed by atoms with Crippen LogP contribution < -0.4 is 4.72 Å². The van der Waals surface area contributed by atoms with Crippen LogP contribution in [0.5, 0.6) is 0 Å². The fourth-order valence-corrected chi connectivity index (χ4v) is 3.27. The maximum absolute atomic E-state index is 13.1. The molecule has 0 saturated carbocycles. The number of sulfonamides is 1. The molecule has 0 fully saturated rings. The highest BCUT2D eigenvalue weighted by molar-refractivity contribution is 7.89. The Morgan fingerprint density at radius 1 is 1.33 bits per heavy atom. The van der Waals surface area contributed by atoms with Crippen LogP contribution in [0.3, 0.4) is 0 Å². The average Bonchev–Trinajstić information content (AvgIpc) is 2.83. The van der Waals surface area contributed by atoms with Gasteiger partial charge < -0.3 is 0 Å². The number of halogens is 1. The van der Waals surface area contributed by atoms with Gasteiger partial charge in [-0.3, -0.25) is 0 Å². The zero-order chi connectivity index (χ0) is 13.2. The minimum Gasteiger partial charge on any atom is -0.207 e. The molecular weight excluding hydrogens is 273 g/mol. The highest BCUT2D eigenvalue weighted by Crippen LogP contribution is 2.15. The van der Waals surface area contributed by atoms with Gasteiger partial charge in [0, 0.05) is 11.4 Å². The van der Waals surface area contributed by atoms with Crippen LogP contribution in [-0.4, -0.2) is 8.42 Å². The SMILES string of the molecule is Cc1cc(S(=O)(=O)NCc2cccs2)ccc1F. The third-order valence-electron chi connectivity index (χ3n) is 2.46. The first kappa shape index (κ1) is 13.2. The smallest absolute Gasteiger partial charge is 0.207 e. The first-order chi connectivity index (χ1) is 8.49. The molecule has 2 aromatic rings. The predicted molar refractivity (Wildman–Crippen MR) is 69.5 cm³/mol. The third-order valence-corrected chi connectivity index (χ3v) is 4.73. The van der Waals surface area contributed by atoms with Gasteiger partial charge in [0.2, 0.25) is 10.0 Å². The van der Waals surface area contributed by atoms with E-state index in [0.717, 1.165) is 10.9 Å². The van der Waals surface area contributed by atoms with Gasteiger partial charge in [-0.25, -0.2) is 17.5 Å². The average molecular weight is 285 g/mol. The van der Waals surface area contributed by atoms with E-state index in [-0.39, 0.29) is 11.4 Å². The molecule has 3 nitrogen and oxygen atoms in total. The van der Waals surface area contributed by atoms with E-state index in [9.17, 15) is 12.8 Å². The third kappa shape index (κ3) is 2.95. The quantitative estimate of drug-likeness (QED) is 0.938. The lowest BCUT2D eigenvalue weighted by molar-refractivity contribution is 0.580. The summed E-state index contributed by atoms with van der Waals surface area (Å²) in [6.45, 7) is 1.78. The maximum atomic E-state index is 13.1. The van der Waals surface area contributed by atoms with Crippen LogP contribution in [0, 0.1) is 12.7 Å². The summed E-state index contributed by atoms with van der Waals surface area (Å²) < 4.78 is 39.5. The van der Waals surface area contributed by atoms with Crippen molar-refractivity contribution in [1.82, 2.24) is 4.72 Å². The van der Waals surface area contributed by atoms with Gasteiger partial charge in [0.25, 0.3) is 0 Å². The molecule has 1 aromatic heterocycles. The number of nitrogens with one attached hydrogen (secondary N) is 1. The maximum Gasteiger partial charge on any atom is 0.240 e. The molecule has 0 amide bonds. The summed E-state index contributed by atoms with van der Waals surface area (Å²) in [4.78, 5) is 1.01. The molecular formula is C12H12FNO2S2. The van der Waals surface area contributed by atoms with Crippen molar-refractivity contribution in [3.8, 4) is 0 Å². The second-order valence-corrected chi connectivity index (χ2v) is 6.61. The number of benzene rings is 1. The molecule has 96 valence electrons. The molecule has 1 N–H and O–H groups in total. The number of hydrogen-bond donors (Lipinski definition) is 1. The van der Waals surface area contributed by atoms with Crippen LogP contribution in [0.2, 0.25) is 0 Å². The number of aryl methyl sites for hydroxylation is 1. The van der Waals surface area contributed by atoms with Crippen LogP contribution in [0.1, 0.15) is 10.4 Å². The molecule has 6 heteroatoms. The summed E-state index contributed by atoms with van der Waals surface area (Å²) in [7, 11) is -3.59. The van der Waals surface area contributed by atoms with Crippen molar-refractivity contribution in [2.75, 3.05) is 0 Å². The molecule has 0 aliphatic heterocycles. The molecule has 0 spiro atoms. The normalized spacial score (nSPS) is 11.7. The summed E-state index contributed by atoms with van der Waals surface area (Å²) in [5, 5.41) is 1.88. The highest BCUT2D eigenvalue weighted by Gasteiger charge is 2.15. The summed E-state index contributed by atoms with van der Waals surface area (Å²) in [6.07, 6.45) is 0. The van der Waals surface area contributed by atoms with Gasteiger partial charge >= 0.3 is 0 Å². The van der Waals surface area contributed by atoms with Crippen molar-refractivity contribution in [3.05, 3.63) is 52.0 Å². The minimum atomic E-state index is -3.59. The predicted octanol–water partition coefficient (Wildman–Crippen LogP) is 2.67. The Kier molecular flexibility index (Phi) is 3.79. The lowest BCUT2D eigenvalue weighted by Crippen LogP contribution is -2.22. The molecule has 18 heavy (non-hydrogen) atoms. The molecule has 0 aliphatic rings. The molecule has 0 radical (unpaired) electrons. The van der Waals surface area contributed by atoms with Gasteiger partial charge in [-0.05, 0) is 42.1 Å². The van der Waals surface area contributed by atoms with E-state index < -0.39 is 15.8 Å². The Hall–Kier alpha value is -1.24. The molecule has 2 rings (SSSR count). The molecule has 0 saturated heterocycles. The second-order valence-electron chi connectivity index (χ2n) is 3.81. The van der Waals surface area contributed by atoms with E-state index in [2.05, 4.69) is 4.72 Å². The van der Waals surface area contributed by atoms with Gasteiger partial charge in [-0.15, -0.1) is 11.3 Å². The molecule has 1 heterocycles. The highest BCUT2D eigenvalue weighted by atomic mass is 32.2. The Balaban J connectivity index is 2.17. The van der Waals surface area contributed by atoms with E-state index in [1.54, 1.807) is 0 Å². The van der Waals surface area contributed by atoms with Gasteiger partial charge in [0.15, 0.2) is 0 Å². The summed E-state index contributed by atoms with van der Waals surface area (Å²) in [5.41, 5.74) is 0.314. The molecule has 0 aliphatic carbocycles. The summed E-state index contributed by atoms with van der Waals surface area (Å²) in [5.74, 6) is -0.410. The standard InChI is InChI=1S/C12H12FNO2S2/c1-9-7-11(4-5-12(9)13)18(15,16)14-8-10-3-2-6-17-10/h2-7,14H,8H2,1H3. The largest absolute Gasteiger partial charge is 0.240 e. The molecule has 0 atom stereocenters. The van der Waals surface area contributed by atoms with Crippen molar-refractivity contribution in [3.63, 3.8) is 0 Å². The lowest BCUT2D eigenvalue weighted by Gasteiger charge is -2.06. The van der Waals surface area contributed by atoms with Gasteiger partial charge in [-0.1, -0.05) is 6.07 Å². The molecule has 1 aromatic carbocycles. The van der Waals surface area contributed by atoms with E-state index in [4.69, 9.17) is 0 Å². The topological polar surface area (TPSA) is 46.2 Å². The number of thiophene rings is 1. The Morgan fingerprint density at radius 2 is 2.11 bits per heavy atom. The van der Waals surface area contributed by atoms with E-state index in [1.807, 2.05) is 17.5 Å². The Morgan fingerprint density at radius 3 is 2.72 bits per heavy atom. The van der Waals surface area contributed by atoms with E-state index in [1.165, 1.54) is 30.4 Å². The monoisotopic (exact) mass is 285 g/mol. The van der Waals surface area contributed by atoms with E-state index in [0.29, 0.717) is 5.56 Å². The molecule has 0 unspecified atom stereocenters. The first-order valence-corrected chi connectivity index (χ1v) is 7.63. The zero-order valence-corrected chi connectivity index (χ0v) is 11.3. The lowest BCUT2D eigenvalue weighted by atomic mass is 10.2. The van der Waals surface area contributed by atoms with Crippen molar-refractivity contribution in [2.24, 2.45) is 0 Å². The van der Waals surface area contributed by atoms with Gasteiger partial charge in [0.1, 0.15) is 5.82 Å². The fraction of sp³-hybridized carbons (Fsp3) is 0.167. The summed E-state index contributed by atoms with van der Waals surface area (Å²) >= 11 is 1.48. The van der Waals surface area contributed by atoms with Crippen LogP contribution in [0.25, 0.3) is 0 Å². The number of rotatable bonds is 4. The van der Waals surface area contributed by atoms with Gasteiger partial charge in [-0.2, -0.15) is 0 Å². The van der Waals surface area contributed by atoms with Crippen LogP contribution in [0.15, 0.2) is 40.6 Å². The van der Waals surface area contributed by atoms with E-state index >= 15 is 0 Å². The van der Waals surface area contributed by atoms with Crippen LogP contribution in [0.4, 0.5) is 4.39 Å². The van der Waals surface area contributed by atoms with Crippen LogP contribution >= 0.6 is 11.3 Å². The summed E-state index contributed by atoms with van der Waals surface area (Å²) in [6, 6.07) is 7.46. The van der Waals surface area contributed by atoms with Crippen LogP contribution in [-0.2, 0) is 16.6 Å².